The minimum absolute atomic E-state index is 0.335. The number of benzene rings is 3. The number of hydrogen-bond acceptors (Lipinski definition) is 6. The summed E-state index contributed by atoms with van der Waals surface area (Å²) in [6, 6.07) is 19.0. The van der Waals surface area contributed by atoms with E-state index in [2.05, 4.69) is 24.5 Å². The second-order valence-electron chi connectivity index (χ2n) is 8.72. The van der Waals surface area contributed by atoms with Gasteiger partial charge in [0.05, 0.1) is 39.1 Å². The fraction of sp³-hybridized carbons (Fsp3) is 0.310. The van der Waals surface area contributed by atoms with Gasteiger partial charge in [0, 0.05) is 0 Å². The van der Waals surface area contributed by atoms with E-state index < -0.39 is 18.0 Å². The number of methoxy groups -OCH3 is 3. The Morgan fingerprint density at radius 3 is 1.70 bits per heavy atom. The molecule has 3 rings (SSSR count). The van der Waals surface area contributed by atoms with E-state index in [1.165, 1.54) is 14.2 Å². The molecule has 0 spiro atoms. The van der Waals surface area contributed by atoms with Crippen molar-refractivity contribution >= 4 is 11.8 Å². The van der Waals surface area contributed by atoms with Crippen molar-refractivity contribution in [2.75, 3.05) is 27.9 Å². The lowest BCUT2D eigenvalue weighted by molar-refractivity contribution is 0.0880. The first-order valence-corrected chi connectivity index (χ1v) is 12.1. The van der Waals surface area contributed by atoms with Crippen LogP contribution in [0.3, 0.4) is 0 Å². The van der Waals surface area contributed by atoms with Gasteiger partial charge in [-0.1, -0.05) is 44.2 Å². The van der Waals surface area contributed by atoms with Crippen molar-refractivity contribution in [3.8, 4) is 23.0 Å². The van der Waals surface area contributed by atoms with Crippen LogP contribution in [0, 0.1) is 5.92 Å². The highest BCUT2D eigenvalue weighted by molar-refractivity contribution is 5.99. The maximum Gasteiger partial charge on any atom is 0.256 e. The Morgan fingerprint density at radius 2 is 1.22 bits per heavy atom. The minimum atomic E-state index is -0.895. The highest BCUT2D eigenvalue weighted by Crippen LogP contribution is 2.31. The molecule has 0 unspecified atom stereocenters. The molecule has 0 aliphatic heterocycles. The van der Waals surface area contributed by atoms with Crippen LogP contribution in [0.4, 0.5) is 0 Å². The van der Waals surface area contributed by atoms with Crippen molar-refractivity contribution < 1.29 is 28.5 Å². The minimum Gasteiger partial charge on any atom is -0.496 e. The third kappa shape index (κ3) is 7.16. The van der Waals surface area contributed by atoms with Crippen LogP contribution < -0.4 is 29.6 Å². The zero-order chi connectivity index (χ0) is 26.8. The molecular weight excluding hydrogens is 472 g/mol. The number of amides is 2. The third-order valence-corrected chi connectivity index (χ3v) is 5.73. The van der Waals surface area contributed by atoms with Crippen LogP contribution in [-0.2, 0) is 0 Å². The Kier molecular flexibility index (Phi) is 9.77. The van der Waals surface area contributed by atoms with Gasteiger partial charge in [-0.05, 0) is 54.3 Å². The summed E-state index contributed by atoms with van der Waals surface area (Å²) in [5.74, 6) is 1.58. The standard InChI is InChI=1S/C29H34N2O6/c1-19(2)16-17-37-25-15-14-20(18-26(25)36-5)27(30-28(32)21-10-6-8-12-23(21)34-3)31-29(33)22-11-7-9-13-24(22)35-4/h6-15,18-19,27H,16-17H2,1-5H3,(H,30,32)(H,31,33). The molecule has 0 aliphatic rings. The maximum absolute atomic E-state index is 13.3. The molecule has 2 amide bonds. The molecule has 0 radical (unpaired) electrons. The fourth-order valence-corrected chi connectivity index (χ4v) is 3.67. The molecule has 0 heterocycles. The van der Waals surface area contributed by atoms with Gasteiger partial charge >= 0.3 is 0 Å². The van der Waals surface area contributed by atoms with Crippen LogP contribution in [0.1, 0.15) is 52.7 Å². The summed E-state index contributed by atoms with van der Waals surface area (Å²) in [5, 5.41) is 5.81. The summed E-state index contributed by atoms with van der Waals surface area (Å²) in [4.78, 5) is 26.5. The summed E-state index contributed by atoms with van der Waals surface area (Å²) >= 11 is 0. The highest BCUT2D eigenvalue weighted by atomic mass is 16.5. The van der Waals surface area contributed by atoms with E-state index in [-0.39, 0.29) is 0 Å². The Labute approximate surface area is 217 Å². The molecule has 0 saturated carbocycles. The number of nitrogens with one attached hydrogen (secondary N) is 2. The predicted octanol–water partition coefficient (Wildman–Crippen LogP) is 5.00. The van der Waals surface area contributed by atoms with Gasteiger partial charge in [0.25, 0.3) is 11.8 Å². The van der Waals surface area contributed by atoms with Gasteiger partial charge in [0.15, 0.2) is 11.5 Å². The zero-order valence-electron chi connectivity index (χ0n) is 21.9. The molecule has 3 aromatic rings. The Morgan fingerprint density at radius 1 is 0.703 bits per heavy atom. The molecular formula is C29H34N2O6. The molecule has 0 saturated heterocycles. The monoisotopic (exact) mass is 506 g/mol. The molecule has 3 aromatic carbocycles. The molecule has 2 N–H and O–H groups in total. The van der Waals surface area contributed by atoms with Gasteiger partial charge in [0.2, 0.25) is 0 Å². The van der Waals surface area contributed by atoms with Crippen LogP contribution in [0.5, 0.6) is 23.0 Å². The average molecular weight is 507 g/mol. The summed E-state index contributed by atoms with van der Waals surface area (Å²) in [6.07, 6.45) is 0.00530. The molecule has 37 heavy (non-hydrogen) atoms. The summed E-state index contributed by atoms with van der Waals surface area (Å²) < 4.78 is 22.1. The molecule has 0 aromatic heterocycles. The first kappa shape index (κ1) is 27.4. The van der Waals surface area contributed by atoms with Gasteiger partial charge in [-0.2, -0.15) is 0 Å². The first-order valence-electron chi connectivity index (χ1n) is 12.1. The van der Waals surface area contributed by atoms with Crippen molar-refractivity contribution in [2.24, 2.45) is 5.92 Å². The summed E-state index contributed by atoms with van der Waals surface area (Å²) in [7, 11) is 4.54. The molecule has 8 heteroatoms. The lowest BCUT2D eigenvalue weighted by Gasteiger charge is -2.23. The van der Waals surface area contributed by atoms with Crippen molar-refractivity contribution in [3.63, 3.8) is 0 Å². The van der Waals surface area contributed by atoms with Crippen molar-refractivity contribution in [3.05, 3.63) is 83.4 Å². The number of para-hydroxylation sites is 2. The van der Waals surface area contributed by atoms with E-state index in [4.69, 9.17) is 18.9 Å². The van der Waals surface area contributed by atoms with Gasteiger partial charge in [0.1, 0.15) is 17.7 Å². The van der Waals surface area contributed by atoms with Gasteiger partial charge in [-0.15, -0.1) is 0 Å². The van der Waals surface area contributed by atoms with Crippen molar-refractivity contribution in [1.82, 2.24) is 10.6 Å². The maximum atomic E-state index is 13.3. The van der Waals surface area contributed by atoms with Crippen LogP contribution in [-0.4, -0.2) is 39.8 Å². The van der Waals surface area contributed by atoms with Crippen molar-refractivity contribution in [2.45, 2.75) is 26.4 Å². The highest BCUT2D eigenvalue weighted by Gasteiger charge is 2.23. The van der Waals surface area contributed by atoms with Gasteiger partial charge < -0.3 is 29.6 Å². The number of carbonyl (C=O) groups is 2. The van der Waals surface area contributed by atoms with Crippen LogP contribution in [0.15, 0.2) is 66.7 Å². The quantitative estimate of drug-likeness (QED) is 0.336. The average Bonchev–Trinajstić information content (AvgIpc) is 2.92. The number of ether oxygens (including phenoxy) is 4. The lowest BCUT2D eigenvalue weighted by atomic mass is 10.1. The number of rotatable bonds is 12. The zero-order valence-corrected chi connectivity index (χ0v) is 21.9. The van der Waals surface area contributed by atoms with Crippen LogP contribution in [0.2, 0.25) is 0 Å². The smallest absolute Gasteiger partial charge is 0.256 e. The second-order valence-corrected chi connectivity index (χ2v) is 8.72. The summed E-state index contributed by atoms with van der Waals surface area (Å²) in [6.45, 7) is 4.80. The van der Waals surface area contributed by atoms with E-state index in [0.29, 0.717) is 52.2 Å². The number of carbonyl (C=O) groups excluding carboxylic acids is 2. The largest absolute Gasteiger partial charge is 0.496 e. The molecule has 0 atom stereocenters. The predicted molar refractivity (Wildman–Crippen MR) is 142 cm³/mol. The van der Waals surface area contributed by atoms with E-state index in [0.717, 1.165) is 6.42 Å². The normalized spacial score (nSPS) is 10.7. The molecule has 0 fully saturated rings. The van der Waals surface area contributed by atoms with Gasteiger partial charge in [-0.3, -0.25) is 9.59 Å². The molecule has 0 bridgehead atoms. The van der Waals surface area contributed by atoms with Crippen LogP contribution >= 0.6 is 0 Å². The topological polar surface area (TPSA) is 95.1 Å². The Bertz CT molecular complexity index is 1150. The first-order chi connectivity index (χ1) is 17.9. The lowest BCUT2D eigenvalue weighted by Crippen LogP contribution is -2.41. The summed E-state index contributed by atoms with van der Waals surface area (Å²) in [5.41, 5.74) is 1.27. The van der Waals surface area contributed by atoms with Crippen LogP contribution in [0.25, 0.3) is 0 Å². The number of hydrogen-bond donors (Lipinski definition) is 2. The SMILES string of the molecule is COc1cc(C(NC(=O)c2ccccc2OC)NC(=O)c2ccccc2OC)ccc1OCCC(C)C. The van der Waals surface area contributed by atoms with Gasteiger partial charge in [-0.25, -0.2) is 0 Å². The molecule has 0 aliphatic carbocycles. The second kappa shape index (κ2) is 13.2. The van der Waals surface area contributed by atoms with Crippen molar-refractivity contribution in [1.29, 1.82) is 0 Å². The van der Waals surface area contributed by atoms with E-state index in [9.17, 15) is 9.59 Å². The molecule has 8 nitrogen and oxygen atoms in total. The third-order valence-electron chi connectivity index (χ3n) is 5.73. The molecule has 196 valence electrons. The van der Waals surface area contributed by atoms with E-state index in [1.807, 2.05) is 0 Å². The van der Waals surface area contributed by atoms with E-state index in [1.54, 1.807) is 73.8 Å². The Balaban J connectivity index is 1.94. The fourth-order valence-electron chi connectivity index (χ4n) is 3.67. The van der Waals surface area contributed by atoms with E-state index >= 15 is 0 Å². The Hall–Kier alpha value is -4.20.